The van der Waals surface area contributed by atoms with Gasteiger partial charge < -0.3 is 19.5 Å². The summed E-state index contributed by atoms with van der Waals surface area (Å²) in [6, 6.07) is 6.57. The molecule has 2 atom stereocenters. The first kappa shape index (κ1) is 18.4. The number of nitrogens with zero attached hydrogens (tertiary/aromatic N) is 2. The highest BCUT2D eigenvalue weighted by atomic mass is 16.5. The van der Waals surface area contributed by atoms with Crippen LogP contribution in [0.2, 0.25) is 0 Å². The molecule has 2 fully saturated rings. The van der Waals surface area contributed by atoms with Gasteiger partial charge >= 0.3 is 0 Å². The molecular formula is C22H31N3O2. The minimum absolute atomic E-state index is 0.0931. The first-order valence-corrected chi connectivity index (χ1v) is 10.2. The predicted molar refractivity (Wildman–Crippen MR) is 108 cm³/mol. The number of H-pyrrole nitrogens is 1. The maximum Gasteiger partial charge on any atom is 0.270 e. The molecule has 1 aromatic carbocycles. The lowest BCUT2D eigenvalue weighted by atomic mass is 9.83. The molecule has 0 spiro atoms. The minimum atomic E-state index is 0.0931. The molecule has 0 bridgehead atoms. The lowest BCUT2D eigenvalue weighted by Crippen LogP contribution is -2.51. The molecule has 0 aliphatic carbocycles. The van der Waals surface area contributed by atoms with Crippen molar-refractivity contribution in [3.63, 3.8) is 0 Å². The summed E-state index contributed by atoms with van der Waals surface area (Å²) in [6.07, 6.45) is 6.45. The van der Waals surface area contributed by atoms with Crippen LogP contribution in [0.1, 0.15) is 48.2 Å². The average Bonchev–Trinajstić information content (AvgIpc) is 3.03. The van der Waals surface area contributed by atoms with Gasteiger partial charge in [0, 0.05) is 30.5 Å². The van der Waals surface area contributed by atoms with Crippen LogP contribution in [0.15, 0.2) is 18.2 Å². The molecule has 0 saturated carbocycles. The van der Waals surface area contributed by atoms with Gasteiger partial charge in [-0.1, -0.05) is 6.42 Å². The van der Waals surface area contributed by atoms with Crippen LogP contribution in [0, 0.1) is 12.8 Å². The second-order valence-corrected chi connectivity index (χ2v) is 8.22. The number of hydrogen-bond acceptors (Lipinski definition) is 3. The average molecular weight is 370 g/mol. The molecule has 2 aliphatic heterocycles. The van der Waals surface area contributed by atoms with Gasteiger partial charge in [-0.3, -0.25) is 4.79 Å². The second-order valence-electron chi connectivity index (χ2n) is 8.22. The highest BCUT2D eigenvalue weighted by Gasteiger charge is 2.34. The molecule has 3 heterocycles. The number of aromatic amines is 1. The summed E-state index contributed by atoms with van der Waals surface area (Å²) >= 11 is 0. The molecule has 1 N–H and O–H groups in total. The van der Waals surface area contributed by atoms with Gasteiger partial charge in [-0.2, -0.15) is 0 Å². The maximum absolute atomic E-state index is 13.2. The Bertz CT molecular complexity index is 826. The van der Waals surface area contributed by atoms with Crippen molar-refractivity contribution in [2.45, 2.75) is 45.1 Å². The van der Waals surface area contributed by atoms with Gasteiger partial charge in [0.05, 0.1) is 7.11 Å². The van der Waals surface area contributed by atoms with E-state index in [1.165, 1.54) is 45.2 Å². The van der Waals surface area contributed by atoms with Crippen LogP contribution in [0.3, 0.4) is 0 Å². The second kappa shape index (κ2) is 7.55. The van der Waals surface area contributed by atoms with Gasteiger partial charge in [-0.15, -0.1) is 0 Å². The number of hydrogen-bond donors (Lipinski definition) is 1. The van der Waals surface area contributed by atoms with Crippen molar-refractivity contribution in [2.24, 2.45) is 5.92 Å². The summed E-state index contributed by atoms with van der Waals surface area (Å²) in [5.74, 6) is 1.50. The molecular weight excluding hydrogens is 338 g/mol. The molecule has 146 valence electrons. The highest BCUT2D eigenvalue weighted by Crippen LogP contribution is 2.32. The summed E-state index contributed by atoms with van der Waals surface area (Å²) in [4.78, 5) is 21.1. The van der Waals surface area contributed by atoms with Crippen LogP contribution >= 0.6 is 0 Å². The van der Waals surface area contributed by atoms with Crippen LogP contribution in [0.5, 0.6) is 5.75 Å². The molecule has 2 saturated heterocycles. The Morgan fingerprint density at radius 2 is 2.07 bits per heavy atom. The first-order valence-electron chi connectivity index (χ1n) is 10.2. The van der Waals surface area contributed by atoms with Gasteiger partial charge in [0.1, 0.15) is 11.4 Å². The number of ether oxygens (including phenoxy) is 1. The third kappa shape index (κ3) is 3.45. The van der Waals surface area contributed by atoms with Crippen LogP contribution < -0.4 is 4.74 Å². The third-order valence-corrected chi connectivity index (χ3v) is 6.56. The fourth-order valence-electron chi connectivity index (χ4n) is 5.06. The summed E-state index contributed by atoms with van der Waals surface area (Å²) in [6.45, 7) is 5.34. The van der Waals surface area contributed by atoms with Crippen molar-refractivity contribution < 1.29 is 9.53 Å². The molecule has 2 aliphatic rings. The van der Waals surface area contributed by atoms with Crippen LogP contribution in [0.25, 0.3) is 10.9 Å². The summed E-state index contributed by atoms with van der Waals surface area (Å²) in [7, 11) is 3.62. The molecule has 0 radical (unpaired) electrons. The van der Waals surface area contributed by atoms with E-state index in [1.54, 1.807) is 7.11 Å². The molecule has 2 aromatic rings. The van der Waals surface area contributed by atoms with E-state index in [1.807, 2.05) is 37.1 Å². The number of rotatable bonds is 4. The molecule has 27 heavy (non-hydrogen) atoms. The largest absolute Gasteiger partial charge is 0.497 e. The number of aryl methyl sites for hydroxylation is 1. The SMILES string of the molecule is COc1ccc2[nH]c(C(=O)N(C)C[C@@H]3CCCN4CCCC[C@H]34)c(C)c2c1. The van der Waals surface area contributed by atoms with Crippen molar-refractivity contribution in [1.29, 1.82) is 0 Å². The quantitative estimate of drug-likeness (QED) is 0.891. The third-order valence-electron chi connectivity index (χ3n) is 6.56. The Balaban J connectivity index is 1.52. The Hall–Kier alpha value is -2.01. The topological polar surface area (TPSA) is 48.6 Å². The zero-order chi connectivity index (χ0) is 19.0. The standard InChI is InChI=1S/C22H31N3O2/c1-15-18-13-17(27-3)9-10-19(18)23-21(15)22(26)24(2)14-16-7-6-12-25-11-5-4-8-20(16)25/h9-10,13,16,20,23H,4-8,11-12,14H2,1-3H3/t16-,20+/m0/s1. The van der Waals surface area contributed by atoms with Crippen LogP contribution in [-0.4, -0.2) is 60.5 Å². The zero-order valence-corrected chi connectivity index (χ0v) is 16.8. The zero-order valence-electron chi connectivity index (χ0n) is 16.8. The fraction of sp³-hybridized carbons (Fsp3) is 0.591. The van der Waals surface area contributed by atoms with Crippen LogP contribution in [0.4, 0.5) is 0 Å². The Kier molecular flexibility index (Phi) is 5.13. The van der Waals surface area contributed by atoms with Crippen molar-refractivity contribution in [3.05, 3.63) is 29.5 Å². The van der Waals surface area contributed by atoms with E-state index in [4.69, 9.17) is 4.74 Å². The minimum Gasteiger partial charge on any atom is -0.497 e. The number of amides is 1. The smallest absolute Gasteiger partial charge is 0.270 e. The predicted octanol–water partition coefficient (Wildman–Crippen LogP) is 3.82. The number of benzene rings is 1. The summed E-state index contributed by atoms with van der Waals surface area (Å²) in [5.41, 5.74) is 2.70. The van der Waals surface area contributed by atoms with Crippen molar-refractivity contribution >= 4 is 16.8 Å². The first-order chi connectivity index (χ1) is 13.1. The van der Waals surface area contributed by atoms with Gasteiger partial charge in [0.25, 0.3) is 5.91 Å². The summed E-state index contributed by atoms with van der Waals surface area (Å²) < 4.78 is 5.33. The number of carbonyl (C=O) groups is 1. The highest BCUT2D eigenvalue weighted by molar-refractivity contribution is 6.01. The van der Waals surface area contributed by atoms with E-state index in [9.17, 15) is 4.79 Å². The molecule has 5 nitrogen and oxygen atoms in total. The van der Waals surface area contributed by atoms with Gasteiger partial charge in [-0.05, 0) is 75.4 Å². The van der Waals surface area contributed by atoms with Crippen LogP contribution in [-0.2, 0) is 0 Å². The molecule has 1 amide bonds. The molecule has 1 aromatic heterocycles. The molecule has 0 unspecified atom stereocenters. The summed E-state index contributed by atoms with van der Waals surface area (Å²) in [5, 5.41) is 1.06. The number of nitrogens with one attached hydrogen (secondary N) is 1. The van der Waals surface area contributed by atoms with E-state index in [0.717, 1.165) is 28.8 Å². The lowest BCUT2D eigenvalue weighted by Gasteiger charge is -2.45. The monoisotopic (exact) mass is 369 g/mol. The number of aromatic nitrogens is 1. The van der Waals surface area contributed by atoms with E-state index in [-0.39, 0.29) is 5.91 Å². The maximum atomic E-state index is 13.2. The van der Waals surface area contributed by atoms with Gasteiger partial charge in [-0.25, -0.2) is 0 Å². The van der Waals surface area contributed by atoms with Crippen molar-refractivity contribution in [3.8, 4) is 5.75 Å². The number of piperidine rings is 2. The van der Waals surface area contributed by atoms with Crippen molar-refractivity contribution in [1.82, 2.24) is 14.8 Å². The van der Waals surface area contributed by atoms with E-state index in [2.05, 4.69) is 9.88 Å². The number of methoxy groups -OCH3 is 1. The van der Waals surface area contributed by atoms with E-state index < -0.39 is 0 Å². The van der Waals surface area contributed by atoms with E-state index >= 15 is 0 Å². The number of carbonyl (C=O) groups excluding carboxylic acids is 1. The Morgan fingerprint density at radius 3 is 2.89 bits per heavy atom. The normalized spacial score (nSPS) is 23.2. The number of fused-ring (bicyclic) bond motifs is 2. The molecule has 4 rings (SSSR count). The van der Waals surface area contributed by atoms with Gasteiger partial charge in [0.15, 0.2) is 0 Å². The Labute approximate surface area is 161 Å². The van der Waals surface area contributed by atoms with E-state index in [0.29, 0.717) is 17.7 Å². The fourth-order valence-corrected chi connectivity index (χ4v) is 5.06. The Morgan fingerprint density at radius 1 is 1.26 bits per heavy atom. The molecule has 5 heteroatoms. The van der Waals surface area contributed by atoms with Crippen molar-refractivity contribution in [2.75, 3.05) is 33.8 Å². The lowest BCUT2D eigenvalue weighted by molar-refractivity contribution is 0.0401. The van der Waals surface area contributed by atoms with Gasteiger partial charge in [0.2, 0.25) is 0 Å².